The summed E-state index contributed by atoms with van der Waals surface area (Å²) < 4.78 is 21.3. The second-order valence-electron chi connectivity index (χ2n) is 3.73. The van der Waals surface area contributed by atoms with Gasteiger partial charge < -0.3 is 24.4 Å². The lowest BCUT2D eigenvalue weighted by Gasteiger charge is -2.12. The third-order valence-corrected chi connectivity index (χ3v) is 2.70. The van der Waals surface area contributed by atoms with Crippen molar-refractivity contribution in [3.8, 4) is 28.6 Å². The molecule has 0 fully saturated rings. The monoisotopic (exact) mass is 264 g/mol. The van der Waals surface area contributed by atoms with Crippen LogP contribution < -0.4 is 19.9 Å². The van der Waals surface area contributed by atoms with E-state index in [4.69, 9.17) is 24.4 Å². The molecular formula is C13H16N2O4. The second kappa shape index (κ2) is 5.62. The summed E-state index contributed by atoms with van der Waals surface area (Å²) in [6.45, 7) is 0.246. The molecule has 6 heteroatoms. The van der Waals surface area contributed by atoms with Crippen LogP contribution in [-0.4, -0.2) is 26.3 Å². The second-order valence-corrected chi connectivity index (χ2v) is 3.73. The third-order valence-electron chi connectivity index (χ3n) is 2.70. The minimum atomic E-state index is 0.246. The van der Waals surface area contributed by atoms with Crippen molar-refractivity contribution in [1.82, 2.24) is 4.98 Å². The van der Waals surface area contributed by atoms with Crippen molar-refractivity contribution < 1.29 is 18.6 Å². The van der Waals surface area contributed by atoms with Gasteiger partial charge in [0.15, 0.2) is 17.3 Å². The van der Waals surface area contributed by atoms with Gasteiger partial charge in [-0.2, -0.15) is 0 Å². The number of nitrogens with two attached hydrogens (primary N) is 1. The first-order chi connectivity index (χ1) is 9.23. The SMILES string of the molecule is COc1cc(OC)c(-c2cnc(CN)o2)cc1OC. The summed E-state index contributed by atoms with van der Waals surface area (Å²) in [5, 5.41) is 0. The van der Waals surface area contributed by atoms with Crippen LogP contribution >= 0.6 is 0 Å². The molecule has 0 aliphatic rings. The fourth-order valence-electron chi connectivity index (χ4n) is 1.75. The molecule has 0 aliphatic heterocycles. The van der Waals surface area contributed by atoms with Crippen LogP contribution in [0.15, 0.2) is 22.7 Å². The predicted octanol–water partition coefficient (Wildman–Crippen LogP) is 1.83. The van der Waals surface area contributed by atoms with E-state index in [1.807, 2.05) is 0 Å². The third kappa shape index (κ3) is 2.48. The maximum atomic E-state index is 5.52. The number of oxazole rings is 1. The van der Waals surface area contributed by atoms with Crippen molar-refractivity contribution in [1.29, 1.82) is 0 Å². The molecule has 0 saturated carbocycles. The van der Waals surface area contributed by atoms with Gasteiger partial charge in [-0.1, -0.05) is 0 Å². The normalized spacial score (nSPS) is 10.3. The Kier molecular flexibility index (Phi) is 3.91. The maximum Gasteiger partial charge on any atom is 0.208 e. The fraction of sp³-hybridized carbons (Fsp3) is 0.308. The molecule has 6 nitrogen and oxygen atoms in total. The molecule has 0 bridgehead atoms. The molecule has 1 heterocycles. The molecule has 0 saturated heterocycles. The largest absolute Gasteiger partial charge is 0.496 e. The first kappa shape index (κ1) is 13.2. The highest BCUT2D eigenvalue weighted by Gasteiger charge is 2.16. The Morgan fingerprint density at radius 1 is 1.05 bits per heavy atom. The molecular weight excluding hydrogens is 248 g/mol. The minimum Gasteiger partial charge on any atom is -0.496 e. The van der Waals surface area contributed by atoms with Gasteiger partial charge in [0, 0.05) is 6.07 Å². The van der Waals surface area contributed by atoms with Gasteiger partial charge in [0.2, 0.25) is 5.89 Å². The van der Waals surface area contributed by atoms with Crippen LogP contribution in [-0.2, 0) is 6.54 Å². The summed E-state index contributed by atoms with van der Waals surface area (Å²) in [5.41, 5.74) is 6.21. The number of benzene rings is 1. The highest BCUT2D eigenvalue weighted by atomic mass is 16.5. The van der Waals surface area contributed by atoms with E-state index in [-0.39, 0.29) is 6.54 Å². The Morgan fingerprint density at radius 3 is 2.21 bits per heavy atom. The molecule has 0 radical (unpaired) electrons. The lowest BCUT2D eigenvalue weighted by molar-refractivity contribution is 0.349. The predicted molar refractivity (Wildman–Crippen MR) is 69.5 cm³/mol. The Labute approximate surface area is 111 Å². The van der Waals surface area contributed by atoms with E-state index in [0.717, 1.165) is 5.56 Å². The van der Waals surface area contributed by atoms with E-state index in [2.05, 4.69) is 4.98 Å². The lowest BCUT2D eigenvalue weighted by atomic mass is 10.1. The first-order valence-electron chi connectivity index (χ1n) is 5.68. The number of ether oxygens (including phenoxy) is 3. The summed E-state index contributed by atoms with van der Waals surface area (Å²) in [6.07, 6.45) is 1.60. The Balaban J connectivity index is 2.54. The van der Waals surface area contributed by atoms with Gasteiger partial charge in [0.05, 0.1) is 39.6 Å². The van der Waals surface area contributed by atoms with E-state index in [9.17, 15) is 0 Å². The average Bonchev–Trinajstić information content (AvgIpc) is 2.94. The summed E-state index contributed by atoms with van der Waals surface area (Å²) in [5.74, 6) is 2.81. The van der Waals surface area contributed by atoms with Gasteiger partial charge in [-0.25, -0.2) is 4.98 Å². The molecule has 0 amide bonds. The van der Waals surface area contributed by atoms with E-state index < -0.39 is 0 Å². The number of aromatic nitrogens is 1. The van der Waals surface area contributed by atoms with Gasteiger partial charge >= 0.3 is 0 Å². The van der Waals surface area contributed by atoms with E-state index in [1.54, 1.807) is 39.7 Å². The molecule has 1 aromatic heterocycles. The van der Waals surface area contributed by atoms with Crippen LogP contribution in [0.4, 0.5) is 0 Å². The summed E-state index contributed by atoms with van der Waals surface area (Å²) in [7, 11) is 4.71. The van der Waals surface area contributed by atoms with Crippen LogP contribution in [0.1, 0.15) is 5.89 Å². The van der Waals surface area contributed by atoms with Crippen LogP contribution in [0.2, 0.25) is 0 Å². The van der Waals surface area contributed by atoms with Crippen molar-refractivity contribution >= 4 is 0 Å². The quantitative estimate of drug-likeness (QED) is 0.887. The van der Waals surface area contributed by atoms with E-state index >= 15 is 0 Å². The van der Waals surface area contributed by atoms with Crippen molar-refractivity contribution in [3.63, 3.8) is 0 Å². The summed E-state index contributed by atoms with van der Waals surface area (Å²) in [6, 6.07) is 3.51. The van der Waals surface area contributed by atoms with Crippen molar-refractivity contribution in [2.24, 2.45) is 5.73 Å². The van der Waals surface area contributed by atoms with Gasteiger partial charge in [-0.05, 0) is 6.07 Å². The molecule has 2 aromatic rings. The van der Waals surface area contributed by atoms with Gasteiger partial charge in [0.1, 0.15) is 5.75 Å². The topological polar surface area (TPSA) is 79.7 Å². The maximum absolute atomic E-state index is 5.52. The van der Waals surface area contributed by atoms with E-state index in [1.165, 1.54) is 0 Å². The molecule has 2 N–H and O–H groups in total. The zero-order valence-corrected chi connectivity index (χ0v) is 11.1. The fourth-order valence-corrected chi connectivity index (χ4v) is 1.75. The number of hydrogen-bond acceptors (Lipinski definition) is 6. The summed E-state index contributed by atoms with van der Waals surface area (Å²) >= 11 is 0. The highest BCUT2D eigenvalue weighted by Crippen LogP contribution is 2.40. The van der Waals surface area contributed by atoms with Gasteiger partial charge in [-0.3, -0.25) is 0 Å². The first-order valence-corrected chi connectivity index (χ1v) is 5.68. The molecule has 0 spiro atoms. The van der Waals surface area contributed by atoms with Crippen LogP contribution in [0.25, 0.3) is 11.3 Å². The van der Waals surface area contributed by atoms with Crippen molar-refractivity contribution in [2.75, 3.05) is 21.3 Å². The Morgan fingerprint density at radius 2 is 1.68 bits per heavy atom. The molecule has 1 aromatic carbocycles. The van der Waals surface area contributed by atoms with Gasteiger partial charge in [0.25, 0.3) is 0 Å². The van der Waals surface area contributed by atoms with Gasteiger partial charge in [-0.15, -0.1) is 0 Å². The molecule has 102 valence electrons. The standard InChI is InChI=1S/C13H16N2O4/c1-16-9-5-11(18-3)10(17-2)4-8(9)12-7-15-13(6-14)19-12/h4-5,7H,6,14H2,1-3H3. The zero-order chi connectivity index (χ0) is 13.8. The number of nitrogens with zero attached hydrogens (tertiary/aromatic N) is 1. The van der Waals surface area contributed by atoms with Crippen LogP contribution in [0.3, 0.4) is 0 Å². The average molecular weight is 264 g/mol. The Hall–Kier alpha value is -2.21. The molecule has 0 atom stereocenters. The number of methoxy groups -OCH3 is 3. The number of hydrogen-bond donors (Lipinski definition) is 1. The van der Waals surface area contributed by atoms with Crippen LogP contribution in [0, 0.1) is 0 Å². The van der Waals surface area contributed by atoms with Crippen LogP contribution in [0.5, 0.6) is 17.2 Å². The van der Waals surface area contributed by atoms with Crippen molar-refractivity contribution in [3.05, 3.63) is 24.2 Å². The lowest BCUT2D eigenvalue weighted by Crippen LogP contribution is -1.95. The zero-order valence-electron chi connectivity index (χ0n) is 11.1. The minimum absolute atomic E-state index is 0.246. The number of rotatable bonds is 5. The molecule has 0 aliphatic carbocycles. The summed E-state index contributed by atoms with van der Waals surface area (Å²) in [4.78, 5) is 4.07. The highest BCUT2D eigenvalue weighted by molar-refractivity contribution is 5.70. The van der Waals surface area contributed by atoms with Crippen molar-refractivity contribution in [2.45, 2.75) is 6.54 Å². The smallest absolute Gasteiger partial charge is 0.208 e. The Bertz CT molecular complexity index is 566. The molecule has 0 unspecified atom stereocenters. The van der Waals surface area contributed by atoms with E-state index in [0.29, 0.717) is 28.9 Å². The molecule has 19 heavy (non-hydrogen) atoms. The molecule has 2 rings (SSSR count).